The molecule has 0 radical (unpaired) electrons. The first-order chi connectivity index (χ1) is 15.3. The zero-order valence-corrected chi connectivity index (χ0v) is 16.8. The summed E-state index contributed by atoms with van der Waals surface area (Å²) in [5.41, 5.74) is 5.74. The third-order valence-electron chi connectivity index (χ3n) is 4.95. The Bertz CT molecular complexity index is 1280. The maximum atomic E-state index is 6.24. The number of rotatable bonds is 4. The first kappa shape index (κ1) is 18.8. The van der Waals surface area contributed by atoms with E-state index in [9.17, 15) is 0 Å². The number of ether oxygens (including phenoxy) is 1. The highest BCUT2D eigenvalue weighted by Gasteiger charge is 2.14. The molecule has 148 valence electrons. The number of allylic oxidation sites excluding steroid dienone is 5. The van der Waals surface area contributed by atoms with Crippen LogP contribution in [0.3, 0.4) is 0 Å². The van der Waals surface area contributed by atoms with Crippen molar-refractivity contribution in [1.82, 2.24) is 9.97 Å². The smallest absolute Gasteiger partial charge is 0.135 e. The molecule has 2 heterocycles. The second-order valence-electron chi connectivity index (χ2n) is 7.16. The van der Waals surface area contributed by atoms with Gasteiger partial charge in [0.1, 0.15) is 11.5 Å². The molecule has 0 N–H and O–H groups in total. The van der Waals surface area contributed by atoms with E-state index in [4.69, 9.17) is 4.74 Å². The lowest BCUT2D eigenvalue weighted by atomic mass is 10.0. The summed E-state index contributed by atoms with van der Waals surface area (Å²) in [7, 11) is 0. The van der Waals surface area contributed by atoms with Crippen molar-refractivity contribution in [1.29, 1.82) is 0 Å². The molecule has 0 atom stereocenters. The molecule has 0 bridgehead atoms. The SMILES string of the molecule is C(/C=C/c1cnc2ccccc2n1)=C1C=C(c2ccccc2)OC(c2ccccc2)=C1. The zero-order chi connectivity index (χ0) is 20.9. The Hall–Kier alpha value is -4.24. The van der Waals surface area contributed by atoms with Gasteiger partial charge in [-0.3, -0.25) is 4.98 Å². The van der Waals surface area contributed by atoms with Gasteiger partial charge in [-0.15, -0.1) is 0 Å². The van der Waals surface area contributed by atoms with Gasteiger partial charge in [-0.25, -0.2) is 4.98 Å². The van der Waals surface area contributed by atoms with Crippen LogP contribution in [-0.4, -0.2) is 9.97 Å². The van der Waals surface area contributed by atoms with Gasteiger partial charge in [0, 0.05) is 11.1 Å². The van der Waals surface area contributed by atoms with E-state index in [1.165, 1.54) is 0 Å². The third kappa shape index (κ3) is 4.36. The Morgan fingerprint density at radius 2 is 1.23 bits per heavy atom. The fourth-order valence-corrected chi connectivity index (χ4v) is 3.42. The fraction of sp³-hybridized carbons (Fsp3) is 0. The Labute approximate surface area is 181 Å². The van der Waals surface area contributed by atoms with Gasteiger partial charge in [-0.1, -0.05) is 84.9 Å². The largest absolute Gasteiger partial charge is 0.456 e. The minimum absolute atomic E-state index is 0.821. The summed E-state index contributed by atoms with van der Waals surface area (Å²) in [6.45, 7) is 0. The summed E-state index contributed by atoms with van der Waals surface area (Å²) in [6, 6.07) is 28.2. The van der Waals surface area contributed by atoms with Crippen LogP contribution < -0.4 is 0 Å². The molecule has 1 aromatic heterocycles. The van der Waals surface area contributed by atoms with E-state index in [1.807, 2.05) is 72.8 Å². The molecule has 0 amide bonds. The molecule has 1 aliphatic rings. The Morgan fingerprint density at radius 3 is 1.87 bits per heavy atom. The summed E-state index contributed by atoms with van der Waals surface area (Å²) < 4.78 is 6.24. The molecule has 3 heteroatoms. The summed E-state index contributed by atoms with van der Waals surface area (Å²) >= 11 is 0. The molecule has 5 rings (SSSR count). The number of aromatic nitrogens is 2. The van der Waals surface area contributed by atoms with E-state index < -0.39 is 0 Å². The minimum atomic E-state index is 0.821. The van der Waals surface area contributed by atoms with E-state index in [0.29, 0.717) is 0 Å². The number of hydrogen-bond donors (Lipinski definition) is 0. The normalized spacial score (nSPS) is 13.6. The van der Waals surface area contributed by atoms with Crippen molar-refractivity contribution < 1.29 is 4.74 Å². The third-order valence-corrected chi connectivity index (χ3v) is 4.95. The van der Waals surface area contributed by atoms with Crippen LogP contribution in [0.25, 0.3) is 28.6 Å². The van der Waals surface area contributed by atoms with Crippen molar-refractivity contribution >= 4 is 28.6 Å². The molecule has 0 saturated heterocycles. The van der Waals surface area contributed by atoms with Gasteiger partial charge in [-0.2, -0.15) is 0 Å². The second-order valence-corrected chi connectivity index (χ2v) is 7.16. The molecule has 31 heavy (non-hydrogen) atoms. The lowest BCUT2D eigenvalue weighted by Gasteiger charge is -2.18. The molecule has 0 unspecified atom stereocenters. The van der Waals surface area contributed by atoms with Crippen molar-refractivity contribution in [2.24, 2.45) is 0 Å². The molecular formula is C28H20N2O. The van der Waals surface area contributed by atoms with Crippen LogP contribution in [0.15, 0.2) is 121 Å². The van der Waals surface area contributed by atoms with E-state index in [1.54, 1.807) is 6.20 Å². The van der Waals surface area contributed by atoms with Crippen molar-refractivity contribution in [3.8, 4) is 0 Å². The van der Waals surface area contributed by atoms with E-state index in [2.05, 4.69) is 52.5 Å². The summed E-state index contributed by atoms with van der Waals surface area (Å²) in [4.78, 5) is 9.12. The zero-order valence-electron chi connectivity index (χ0n) is 16.8. The van der Waals surface area contributed by atoms with Crippen LogP contribution in [0.2, 0.25) is 0 Å². The van der Waals surface area contributed by atoms with Crippen molar-refractivity contribution in [2.45, 2.75) is 0 Å². The predicted octanol–water partition coefficient (Wildman–Crippen LogP) is 6.68. The average Bonchev–Trinajstić information content (AvgIpc) is 2.85. The topological polar surface area (TPSA) is 35.0 Å². The Morgan fingerprint density at radius 1 is 0.645 bits per heavy atom. The van der Waals surface area contributed by atoms with E-state index >= 15 is 0 Å². The number of para-hydroxylation sites is 2. The summed E-state index contributed by atoms with van der Waals surface area (Å²) in [6.07, 6.45) is 11.9. The quantitative estimate of drug-likeness (QED) is 0.383. The number of nitrogens with zero attached hydrogens (tertiary/aromatic N) is 2. The lowest BCUT2D eigenvalue weighted by molar-refractivity contribution is 0.467. The summed E-state index contributed by atoms with van der Waals surface area (Å²) in [5.74, 6) is 1.65. The first-order valence-electron chi connectivity index (χ1n) is 10.2. The Kier molecular flexibility index (Phi) is 5.23. The van der Waals surface area contributed by atoms with Gasteiger partial charge in [0.05, 0.1) is 22.9 Å². The van der Waals surface area contributed by atoms with Crippen LogP contribution in [0.5, 0.6) is 0 Å². The molecule has 3 nitrogen and oxygen atoms in total. The number of hydrogen-bond acceptors (Lipinski definition) is 3. The lowest BCUT2D eigenvalue weighted by Crippen LogP contribution is -1.99. The van der Waals surface area contributed by atoms with Gasteiger partial charge < -0.3 is 4.74 Å². The van der Waals surface area contributed by atoms with E-state index in [0.717, 1.165) is 44.9 Å². The van der Waals surface area contributed by atoms with Crippen LogP contribution in [-0.2, 0) is 4.74 Å². The second kappa shape index (κ2) is 8.64. The molecule has 0 fully saturated rings. The Balaban J connectivity index is 1.48. The molecule has 0 spiro atoms. The number of benzene rings is 3. The van der Waals surface area contributed by atoms with Crippen LogP contribution >= 0.6 is 0 Å². The van der Waals surface area contributed by atoms with Crippen molar-refractivity contribution in [2.75, 3.05) is 0 Å². The van der Waals surface area contributed by atoms with Gasteiger partial charge in [0.2, 0.25) is 0 Å². The maximum Gasteiger partial charge on any atom is 0.135 e. The van der Waals surface area contributed by atoms with Crippen LogP contribution in [0, 0.1) is 0 Å². The molecule has 0 saturated carbocycles. The highest BCUT2D eigenvalue weighted by molar-refractivity contribution is 5.78. The fourth-order valence-electron chi connectivity index (χ4n) is 3.42. The van der Waals surface area contributed by atoms with Crippen molar-refractivity contribution in [3.63, 3.8) is 0 Å². The minimum Gasteiger partial charge on any atom is -0.456 e. The predicted molar refractivity (Wildman–Crippen MR) is 127 cm³/mol. The molecule has 3 aromatic carbocycles. The molecule has 1 aliphatic heterocycles. The standard InChI is InChI=1S/C28H20N2O/c1-3-11-22(12-4-1)27-18-21(19-28(31-27)23-13-5-2-6-14-23)10-9-15-24-20-29-25-16-7-8-17-26(25)30-24/h1-20H/b15-9+. The monoisotopic (exact) mass is 400 g/mol. The highest BCUT2D eigenvalue weighted by Crippen LogP contribution is 2.32. The van der Waals surface area contributed by atoms with Gasteiger partial charge >= 0.3 is 0 Å². The average molecular weight is 400 g/mol. The van der Waals surface area contributed by atoms with Crippen LogP contribution in [0.1, 0.15) is 16.8 Å². The molecular weight excluding hydrogens is 380 g/mol. The molecule has 0 aliphatic carbocycles. The van der Waals surface area contributed by atoms with Crippen molar-refractivity contribution in [3.05, 3.63) is 138 Å². The van der Waals surface area contributed by atoms with Gasteiger partial charge in [-0.05, 0) is 35.9 Å². The first-order valence-corrected chi connectivity index (χ1v) is 10.2. The highest BCUT2D eigenvalue weighted by atomic mass is 16.5. The number of fused-ring (bicyclic) bond motifs is 1. The van der Waals surface area contributed by atoms with Gasteiger partial charge in [0.25, 0.3) is 0 Å². The van der Waals surface area contributed by atoms with Crippen LogP contribution in [0.4, 0.5) is 0 Å². The summed E-state index contributed by atoms with van der Waals surface area (Å²) in [5, 5.41) is 0. The molecule has 4 aromatic rings. The maximum absolute atomic E-state index is 6.24. The van der Waals surface area contributed by atoms with Gasteiger partial charge in [0.15, 0.2) is 0 Å². The van der Waals surface area contributed by atoms with E-state index in [-0.39, 0.29) is 0 Å².